The van der Waals surface area contributed by atoms with Gasteiger partial charge in [0, 0.05) is 18.8 Å². The van der Waals surface area contributed by atoms with Crippen LogP contribution in [0, 0.1) is 12.8 Å². The Morgan fingerprint density at radius 1 is 1.33 bits per heavy atom. The van der Waals surface area contributed by atoms with Gasteiger partial charge < -0.3 is 20.5 Å². The quantitative estimate of drug-likeness (QED) is 0.674. The summed E-state index contributed by atoms with van der Waals surface area (Å²) >= 11 is 0. The van der Waals surface area contributed by atoms with Gasteiger partial charge in [0.15, 0.2) is 0 Å². The van der Waals surface area contributed by atoms with E-state index in [4.69, 9.17) is 9.84 Å². The van der Waals surface area contributed by atoms with Crippen LogP contribution >= 0.6 is 0 Å². The largest absolute Gasteiger partial charge is 0.478 e. The second-order valence-corrected chi connectivity index (χ2v) is 5.18. The first-order valence-electron chi connectivity index (χ1n) is 6.86. The molecule has 0 aliphatic rings. The highest BCUT2D eigenvalue weighted by atomic mass is 16.5. The number of hydrogen-bond donors (Lipinski definition) is 3. The third kappa shape index (κ3) is 6.27. The van der Waals surface area contributed by atoms with E-state index in [0.29, 0.717) is 36.9 Å². The van der Waals surface area contributed by atoms with Gasteiger partial charge in [-0.05, 0) is 30.5 Å². The van der Waals surface area contributed by atoms with Gasteiger partial charge in [0.1, 0.15) is 0 Å². The fraction of sp³-hybridized carbons (Fsp3) is 0.467. The number of aryl methyl sites for hydroxylation is 1. The van der Waals surface area contributed by atoms with Gasteiger partial charge in [-0.3, -0.25) is 0 Å². The lowest BCUT2D eigenvalue weighted by molar-refractivity contribution is 0.0696. The fourth-order valence-electron chi connectivity index (χ4n) is 1.66. The molecule has 0 saturated heterocycles. The summed E-state index contributed by atoms with van der Waals surface area (Å²) in [6.07, 6.45) is 0. The molecule has 0 unspecified atom stereocenters. The lowest BCUT2D eigenvalue weighted by Crippen LogP contribution is -2.31. The molecule has 0 spiro atoms. The number of benzene rings is 1. The number of amides is 2. The van der Waals surface area contributed by atoms with Crippen LogP contribution in [0.1, 0.15) is 29.8 Å². The van der Waals surface area contributed by atoms with E-state index in [9.17, 15) is 9.59 Å². The number of carbonyl (C=O) groups is 2. The second kappa shape index (κ2) is 8.26. The Morgan fingerprint density at radius 3 is 2.67 bits per heavy atom. The Hall–Kier alpha value is -2.08. The van der Waals surface area contributed by atoms with E-state index in [1.165, 1.54) is 6.07 Å². The SMILES string of the molecule is Cc1ccc(NC(=O)NCCOCC(C)C)cc1C(=O)O. The van der Waals surface area contributed by atoms with Crippen molar-refractivity contribution in [1.29, 1.82) is 0 Å². The molecule has 1 rings (SSSR count). The normalized spacial score (nSPS) is 10.5. The molecule has 0 aliphatic carbocycles. The van der Waals surface area contributed by atoms with Gasteiger partial charge in [0.25, 0.3) is 0 Å². The van der Waals surface area contributed by atoms with Gasteiger partial charge in [-0.25, -0.2) is 9.59 Å². The third-order valence-corrected chi connectivity index (χ3v) is 2.71. The zero-order valence-corrected chi connectivity index (χ0v) is 12.6. The van der Waals surface area contributed by atoms with Gasteiger partial charge in [0.05, 0.1) is 12.2 Å². The van der Waals surface area contributed by atoms with E-state index in [2.05, 4.69) is 24.5 Å². The summed E-state index contributed by atoms with van der Waals surface area (Å²) in [7, 11) is 0. The predicted octanol–water partition coefficient (Wildman–Crippen LogP) is 2.49. The molecule has 0 fully saturated rings. The molecule has 6 nitrogen and oxygen atoms in total. The first kappa shape index (κ1) is 17.0. The highest BCUT2D eigenvalue weighted by Crippen LogP contribution is 2.15. The molecule has 3 N–H and O–H groups in total. The molecule has 0 atom stereocenters. The Balaban J connectivity index is 2.41. The van der Waals surface area contributed by atoms with Crippen molar-refractivity contribution in [3.63, 3.8) is 0 Å². The van der Waals surface area contributed by atoms with Crippen molar-refractivity contribution in [2.45, 2.75) is 20.8 Å². The first-order valence-corrected chi connectivity index (χ1v) is 6.86. The summed E-state index contributed by atoms with van der Waals surface area (Å²) in [6, 6.07) is 4.37. The van der Waals surface area contributed by atoms with Crippen LogP contribution in [0.15, 0.2) is 18.2 Å². The summed E-state index contributed by atoms with van der Waals surface area (Å²) < 4.78 is 5.34. The highest BCUT2D eigenvalue weighted by Gasteiger charge is 2.09. The summed E-state index contributed by atoms with van der Waals surface area (Å²) in [4.78, 5) is 22.7. The molecule has 0 saturated carbocycles. The van der Waals surface area contributed by atoms with Crippen LogP contribution < -0.4 is 10.6 Å². The number of carboxylic acid groups (broad SMARTS) is 1. The summed E-state index contributed by atoms with van der Waals surface area (Å²) in [5, 5.41) is 14.3. The fourth-order valence-corrected chi connectivity index (χ4v) is 1.66. The highest BCUT2D eigenvalue weighted by molar-refractivity contribution is 5.94. The number of rotatable bonds is 7. The molecule has 1 aromatic rings. The molecular weight excluding hydrogens is 272 g/mol. The van der Waals surface area contributed by atoms with Gasteiger partial charge in [-0.2, -0.15) is 0 Å². The van der Waals surface area contributed by atoms with Crippen LogP contribution in [0.5, 0.6) is 0 Å². The number of anilines is 1. The van der Waals surface area contributed by atoms with E-state index in [1.54, 1.807) is 19.1 Å². The molecule has 0 aliphatic heterocycles. The number of ether oxygens (including phenoxy) is 1. The molecular formula is C15H22N2O4. The van der Waals surface area contributed by atoms with Crippen molar-refractivity contribution in [3.05, 3.63) is 29.3 Å². The summed E-state index contributed by atoms with van der Waals surface area (Å²) in [6.45, 7) is 7.31. The maximum Gasteiger partial charge on any atom is 0.336 e. The Kier molecular flexibility index (Phi) is 6.68. The second-order valence-electron chi connectivity index (χ2n) is 5.18. The number of carboxylic acids is 1. The number of hydrogen-bond acceptors (Lipinski definition) is 3. The number of aromatic carboxylic acids is 1. The van der Waals surface area contributed by atoms with Crippen LogP contribution in [0.4, 0.5) is 10.5 Å². The van der Waals surface area contributed by atoms with E-state index in [0.717, 1.165) is 0 Å². The van der Waals surface area contributed by atoms with Gasteiger partial charge in [-0.15, -0.1) is 0 Å². The standard InChI is InChI=1S/C15H22N2O4/c1-10(2)9-21-7-6-16-15(20)17-12-5-4-11(3)13(8-12)14(18)19/h4-5,8,10H,6-7,9H2,1-3H3,(H,18,19)(H2,16,17,20). The Bertz CT molecular complexity index is 500. The minimum Gasteiger partial charge on any atom is -0.478 e. The van der Waals surface area contributed by atoms with Crippen molar-refractivity contribution >= 4 is 17.7 Å². The minimum absolute atomic E-state index is 0.174. The van der Waals surface area contributed by atoms with Crippen LogP contribution in [-0.2, 0) is 4.74 Å². The van der Waals surface area contributed by atoms with Crippen molar-refractivity contribution in [2.24, 2.45) is 5.92 Å². The molecule has 1 aromatic carbocycles. The van der Waals surface area contributed by atoms with Crippen molar-refractivity contribution in [3.8, 4) is 0 Å². The molecule has 0 bridgehead atoms. The summed E-state index contributed by atoms with van der Waals surface area (Å²) in [5.74, 6) is -0.556. The smallest absolute Gasteiger partial charge is 0.336 e. The van der Waals surface area contributed by atoms with Crippen LogP contribution in [0.3, 0.4) is 0 Å². The molecule has 2 amide bonds. The maximum atomic E-state index is 11.7. The van der Waals surface area contributed by atoms with E-state index in [-0.39, 0.29) is 11.6 Å². The van der Waals surface area contributed by atoms with Crippen LogP contribution in [-0.4, -0.2) is 36.9 Å². The van der Waals surface area contributed by atoms with Gasteiger partial charge >= 0.3 is 12.0 Å². The average Bonchev–Trinajstić information content (AvgIpc) is 2.40. The van der Waals surface area contributed by atoms with Gasteiger partial charge in [0.2, 0.25) is 0 Å². The molecule has 21 heavy (non-hydrogen) atoms. The average molecular weight is 294 g/mol. The molecule has 6 heteroatoms. The maximum absolute atomic E-state index is 11.7. The lowest BCUT2D eigenvalue weighted by atomic mass is 10.1. The molecule has 0 heterocycles. The van der Waals surface area contributed by atoms with Crippen molar-refractivity contribution in [2.75, 3.05) is 25.1 Å². The molecule has 116 valence electrons. The van der Waals surface area contributed by atoms with E-state index < -0.39 is 5.97 Å². The Morgan fingerprint density at radius 2 is 2.05 bits per heavy atom. The van der Waals surface area contributed by atoms with E-state index >= 15 is 0 Å². The zero-order valence-electron chi connectivity index (χ0n) is 12.6. The lowest BCUT2D eigenvalue weighted by Gasteiger charge is -2.10. The minimum atomic E-state index is -1.02. The number of carbonyl (C=O) groups excluding carboxylic acids is 1. The molecule has 0 aromatic heterocycles. The Labute approximate surface area is 124 Å². The monoisotopic (exact) mass is 294 g/mol. The number of nitrogens with one attached hydrogen (secondary N) is 2. The van der Waals surface area contributed by atoms with Crippen molar-refractivity contribution in [1.82, 2.24) is 5.32 Å². The van der Waals surface area contributed by atoms with Crippen LogP contribution in [0.25, 0.3) is 0 Å². The molecule has 0 radical (unpaired) electrons. The number of urea groups is 1. The van der Waals surface area contributed by atoms with Crippen LogP contribution in [0.2, 0.25) is 0 Å². The summed E-state index contributed by atoms with van der Waals surface area (Å²) in [5.41, 5.74) is 1.27. The predicted molar refractivity (Wildman–Crippen MR) is 80.8 cm³/mol. The third-order valence-electron chi connectivity index (χ3n) is 2.71. The van der Waals surface area contributed by atoms with Crippen molar-refractivity contribution < 1.29 is 19.4 Å². The zero-order chi connectivity index (χ0) is 15.8. The van der Waals surface area contributed by atoms with E-state index in [1.807, 2.05) is 0 Å². The topological polar surface area (TPSA) is 87.7 Å². The van der Waals surface area contributed by atoms with Gasteiger partial charge in [-0.1, -0.05) is 19.9 Å². The first-order chi connectivity index (χ1) is 9.90.